The van der Waals surface area contributed by atoms with Crippen molar-refractivity contribution in [3.8, 4) is 5.75 Å². The fourth-order valence-corrected chi connectivity index (χ4v) is 3.45. The molecular formula is C25H33ClN2O3. The molecule has 1 N–H and O–H groups in total. The van der Waals surface area contributed by atoms with Crippen molar-refractivity contribution in [3.05, 3.63) is 63.7 Å². The molecule has 0 heterocycles. The number of carbonyl (C=O) groups is 2. The summed E-state index contributed by atoms with van der Waals surface area (Å²) in [6, 6.07) is 10.7. The van der Waals surface area contributed by atoms with E-state index in [4.69, 9.17) is 16.3 Å². The van der Waals surface area contributed by atoms with Gasteiger partial charge in [-0.3, -0.25) is 9.59 Å². The van der Waals surface area contributed by atoms with E-state index in [1.54, 1.807) is 24.0 Å². The number of hydrogen-bond acceptors (Lipinski definition) is 3. The summed E-state index contributed by atoms with van der Waals surface area (Å²) in [4.78, 5) is 27.4. The van der Waals surface area contributed by atoms with Gasteiger partial charge in [-0.2, -0.15) is 0 Å². The largest absolute Gasteiger partial charge is 0.483 e. The molecule has 0 saturated heterocycles. The molecule has 6 heteroatoms. The van der Waals surface area contributed by atoms with Crippen LogP contribution >= 0.6 is 11.6 Å². The summed E-state index contributed by atoms with van der Waals surface area (Å²) >= 11 is 6.12. The molecule has 0 bridgehead atoms. The molecule has 0 radical (unpaired) electrons. The molecule has 168 valence electrons. The summed E-state index contributed by atoms with van der Waals surface area (Å²) in [6.45, 7) is 12.5. The highest BCUT2D eigenvalue weighted by molar-refractivity contribution is 6.30. The Kier molecular flexibility index (Phi) is 8.93. The number of ether oxygens (including phenoxy) is 1. The van der Waals surface area contributed by atoms with Gasteiger partial charge in [-0.25, -0.2) is 0 Å². The van der Waals surface area contributed by atoms with Crippen LogP contribution in [0, 0.1) is 26.7 Å². The van der Waals surface area contributed by atoms with Crippen LogP contribution in [0.2, 0.25) is 5.02 Å². The maximum atomic E-state index is 13.2. The number of aryl methyl sites for hydroxylation is 2. The molecule has 1 atom stereocenters. The Hall–Kier alpha value is -2.53. The van der Waals surface area contributed by atoms with Gasteiger partial charge in [-0.15, -0.1) is 0 Å². The van der Waals surface area contributed by atoms with Crippen molar-refractivity contribution in [3.63, 3.8) is 0 Å². The van der Waals surface area contributed by atoms with E-state index in [0.717, 1.165) is 22.3 Å². The summed E-state index contributed by atoms with van der Waals surface area (Å²) in [5, 5.41) is 3.50. The zero-order valence-electron chi connectivity index (χ0n) is 19.3. The fraction of sp³-hybridized carbons (Fsp3) is 0.440. The molecule has 2 aromatic carbocycles. The summed E-state index contributed by atoms with van der Waals surface area (Å²) in [6.07, 6.45) is 0. The molecule has 2 rings (SSSR count). The van der Waals surface area contributed by atoms with E-state index in [1.807, 2.05) is 52.8 Å². The van der Waals surface area contributed by atoms with E-state index in [2.05, 4.69) is 11.4 Å². The third kappa shape index (κ3) is 7.28. The van der Waals surface area contributed by atoms with Crippen molar-refractivity contribution < 1.29 is 14.3 Å². The van der Waals surface area contributed by atoms with Crippen LogP contribution in [-0.2, 0) is 16.1 Å². The predicted molar refractivity (Wildman–Crippen MR) is 125 cm³/mol. The molecule has 0 aliphatic rings. The quantitative estimate of drug-likeness (QED) is 0.602. The van der Waals surface area contributed by atoms with Gasteiger partial charge in [0.2, 0.25) is 5.91 Å². The van der Waals surface area contributed by atoms with Crippen molar-refractivity contribution in [1.82, 2.24) is 10.2 Å². The average molecular weight is 445 g/mol. The second-order valence-corrected chi connectivity index (χ2v) is 8.90. The van der Waals surface area contributed by atoms with Crippen molar-refractivity contribution >= 4 is 23.4 Å². The number of rotatable bonds is 9. The first-order chi connectivity index (χ1) is 14.6. The molecule has 0 spiro atoms. The molecule has 0 aliphatic heterocycles. The minimum absolute atomic E-state index is 0.147. The first kappa shape index (κ1) is 24.7. The van der Waals surface area contributed by atoms with Gasteiger partial charge in [0, 0.05) is 18.1 Å². The summed E-state index contributed by atoms with van der Waals surface area (Å²) < 4.78 is 5.88. The lowest BCUT2D eigenvalue weighted by Crippen LogP contribution is -2.49. The smallest absolute Gasteiger partial charge is 0.261 e. The van der Waals surface area contributed by atoms with Crippen LogP contribution in [0.1, 0.15) is 43.0 Å². The van der Waals surface area contributed by atoms with Gasteiger partial charge in [0.15, 0.2) is 6.61 Å². The van der Waals surface area contributed by atoms with Crippen molar-refractivity contribution in [1.29, 1.82) is 0 Å². The zero-order valence-corrected chi connectivity index (χ0v) is 20.0. The second kappa shape index (κ2) is 11.2. The third-order valence-corrected chi connectivity index (χ3v) is 5.44. The van der Waals surface area contributed by atoms with Crippen molar-refractivity contribution in [2.24, 2.45) is 5.92 Å². The first-order valence-corrected chi connectivity index (χ1v) is 11.0. The van der Waals surface area contributed by atoms with Crippen LogP contribution in [0.15, 0.2) is 36.4 Å². The lowest BCUT2D eigenvalue weighted by molar-refractivity contribution is -0.142. The standard InChI is InChI=1S/C25H33ClN2O3/c1-16(2)13-27-25(30)20(6)28(14-21-8-7-9-22(26)12-21)24(29)15-31-23-11-17(3)10-18(4)19(23)5/h7-12,16,20H,13-15H2,1-6H3,(H,27,30)/t20-/m1/s1. The molecule has 31 heavy (non-hydrogen) atoms. The van der Waals surface area contributed by atoms with E-state index in [9.17, 15) is 9.59 Å². The Morgan fingerprint density at radius 2 is 1.81 bits per heavy atom. The second-order valence-electron chi connectivity index (χ2n) is 8.46. The Balaban J connectivity index is 2.20. The average Bonchev–Trinajstić information content (AvgIpc) is 2.71. The van der Waals surface area contributed by atoms with Gasteiger partial charge in [0.25, 0.3) is 5.91 Å². The van der Waals surface area contributed by atoms with Crippen LogP contribution in [0.5, 0.6) is 5.75 Å². The summed E-state index contributed by atoms with van der Waals surface area (Å²) in [5.41, 5.74) is 4.04. The molecule has 0 aliphatic carbocycles. The van der Waals surface area contributed by atoms with Gasteiger partial charge in [0.1, 0.15) is 11.8 Å². The van der Waals surface area contributed by atoms with E-state index in [0.29, 0.717) is 23.2 Å². The monoisotopic (exact) mass is 444 g/mol. The fourth-order valence-electron chi connectivity index (χ4n) is 3.24. The minimum Gasteiger partial charge on any atom is -0.483 e. The Bertz CT molecular complexity index is 927. The lowest BCUT2D eigenvalue weighted by Gasteiger charge is -2.29. The Labute approximate surface area is 190 Å². The highest BCUT2D eigenvalue weighted by atomic mass is 35.5. The van der Waals surface area contributed by atoms with Crippen LogP contribution in [0.3, 0.4) is 0 Å². The maximum Gasteiger partial charge on any atom is 0.261 e. The molecule has 5 nitrogen and oxygen atoms in total. The number of nitrogens with zero attached hydrogens (tertiary/aromatic N) is 1. The van der Waals surface area contributed by atoms with E-state index in [1.165, 1.54) is 0 Å². The van der Waals surface area contributed by atoms with E-state index >= 15 is 0 Å². The molecule has 0 unspecified atom stereocenters. The zero-order chi connectivity index (χ0) is 23.1. The molecule has 2 amide bonds. The summed E-state index contributed by atoms with van der Waals surface area (Å²) in [5.74, 6) is 0.562. The van der Waals surface area contributed by atoms with Gasteiger partial charge < -0.3 is 15.0 Å². The minimum atomic E-state index is -0.644. The number of halogens is 1. The first-order valence-electron chi connectivity index (χ1n) is 10.6. The Morgan fingerprint density at radius 1 is 1.10 bits per heavy atom. The predicted octanol–water partition coefficient (Wildman–Crippen LogP) is 4.83. The van der Waals surface area contributed by atoms with Gasteiger partial charge >= 0.3 is 0 Å². The van der Waals surface area contributed by atoms with Gasteiger partial charge in [-0.1, -0.05) is 43.6 Å². The van der Waals surface area contributed by atoms with E-state index < -0.39 is 6.04 Å². The molecule has 2 aromatic rings. The maximum absolute atomic E-state index is 13.2. The lowest BCUT2D eigenvalue weighted by atomic mass is 10.1. The van der Waals surface area contributed by atoms with Crippen LogP contribution < -0.4 is 10.1 Å². The number of nitrogens with one attached hydrogen (secondary N) is 1. The van der Waals surface area contributed by atoms with Crippen molar-refractivity contribution in [2.75, 3.05) is 13.2 Å². The van der Waals surface area contributed by atoms with Crippen LogP contribution in [-0.4, -0.2) is 35.9 Å². The van der Waals surface area contributed by atoms with E-state index in [-0.39, 0.29) is 25.0 Å². The summed E-state index contributed by atoms with van der Waals surface area (Å²) in [7, 11) is 0. The van der Waals surface area contributed by atoms with Crippen LogP contribution in [0.4, 0.5) is 0 Å². The molecule has 0 aromatic heterocycles. The normalized spacial score (nSPS) is 11.9. The number of benzene rings is 2. The number of carbonyl (C=O) groups excluding carboxylic acids is 2. The number of hydrogen-bond donors (Lipinski definition) is 1. The molecule has 0 saturated carbocycles. The van der Waals surface area contributed by atoms with Crippen LogP contribution in [0.25, 0.3) is 0 Å². The number of amides is 2. The SMILES string of the molecule is Cc1cc(C)c(C)c(OCC(=O)N(Cc2cccc(Cl)c2)[C@H](C)C(=O)NCC(C)C)c1. The molecule has 0 fully saturated rings. The van der Waals surface area contributed by atoms with Gasteiger partial charge in [-0.05, 0) is 74.1 Å². The molecular weight excluding hydrogens is 412 g/mol. The highest BCUT2D eigenvalue weighted by Gasteiger charge is 2.26. The van der Waals surface area contributed by atoms with Gasteiger partial charge in [0.05, 0.1) is 0 Å². The highest BCUT2D eigenvalue weighted by Crippen LogP contribution is 2.23. The Morgan fingerprint density at radius 3 is 2.45 bits per heavy atom. The topological polar surface area (TPSA) is 58.6 Å². The third-order valence-electron chi connectivity index (χ3n) is 5.21. The van der Waals surface area contributed by atoms with Crippen molar-refractivity contribution in [2.45, 2.75) is 54.1 Å².